The summed E-state index contributed by atoms with van der Waals surface area (Å²) in [5.41, 5.74) is 0. The van der Waals surface area contributed by atoms with E-state index in [0.29, 0.717) is 25.6 Å². The number of guanidine groups is 1. The predicted octanol–water partition coefficient (Wildman–Crippen LogP) is -0.467. The first-order chi connectivity index (χ1) is 14.3. The monoisotopic (exact) mass is 570 g/mol. The van der Waals surface area contributed by atoms with Crippen LogP contribution in [0.4, 0.5) is 0 Å². The SMILES string of the molecule is Cc1nnc(CN=C(NCCN2CCOCC2)NC[C@H]2CCCN2S(C)(=O)=O)n1C.I. The second kappa shape index (κ2) is 12.3. The molecule has 1 aromatic rings. The summed E-state index contributed by atoms with van der Waals surface area (Å²) in [7, 11) is -1.28. The molecular weight excluding hydrogens is 535 g/mol. The summed E-state index contributed by atoms with van der Waals surface area (Å²) < 4.78 is 32.9. The van der Waals surface area contributed by atoms with E-state index in [1.807, 2.05) is 18.5 Å². The van der Waals surface area contributed by atoms with Gasteiger partial charge >= 0.3 is 0 Å². The van der Waals surface area contributed by atoms with Crippen LogP contribution in [0.2, 0.25) is 0 Å². The lowest BCUT2D eigenvalue weighted by molar-refractivity contribution is 0.0389. The van der Waals surface area contributed by atoms with Crippen LogP contribution >= 0.6 is 24.0 Å². The molecule has 3 heterocycles. The Morgan fingerprint density at radius 2 is 1.97 bits per heavy atom. The number of nitrogens with one attached hydrogen (secondary N) is 2. The normalized spacial score (nSPS) is 21.1. The van der Waals surface area contributed by atoms with Gasteiger partial charge in [-0.2, -0.15) is 4.31 Å². The van der Waals surface area contributed by atoms with Gasteiger partial charge in [-0.25, -0.2) is 13.4 Å². The van der Waals surface area contributed by atoms with Crippen molar-refractivity contribution in [3.8, 4) is 0 Å². The molecule has 13 heteroatoms. The van der Waals surface area contributed by atoms with Gasteiger partial charge in [-0.15, -0.1) is 34.2 Å². The lowest BCUT2D eigenvalue weighted by atomic mass is 10.2. The van der Waals surface area contributed by atoms with E-state index >= 15 is 0 Å². The molecule has 11 nitrogen and oxygen atoms in total. The number of ether oxygens (including phenoxy) is 1. The second-order valence-electron chi connectivity index (χ2n) is 7.82. The number of aryl methyl sites for hydroxylation is 1. The molecule has 0 bridgehead atoms. The summed E-state index contributed by atoms with van der Waals surface area (Å²) in [4.78, 5) is 7.01. The number of nitrogens with zero attached hydrogens (tertiary/aromatic N) is 6. The van der Waals surface area contributed by atoms with Crippen molar-refractivity contribution >= 4 is 40.0 Å². The van der Waals surface area contributed by atoms with Gasteiger partial charge in [0.15, 0.2) is 11.8 Å². The second-order valence-corrected chi connectivity index (χ2v) is 9.75. The number of rotatable bonds is 8. The fraction of sp³-hybridized carbons (Fsp3) is 0.833. The van der Waals surface area contributed by atoms with Crippen LogP contribution in [0.15, 0.2) is 4.99 Å². The number of sulfonamides is 1. The Labute approximate surface area is 202 Å². The van der Waals surface area contributed by atoms with E-state index in [2.05, 4.69) is 30.7 Å². The van der Waals surface area contributed by atoms with Gasteiger partial charge < -0.3 is 19.9 Å². The topological polar surface area (TPSA) is 117 Å². The zero-order valence-corrected chi connectivity index (χ0v) is 21.7. The van der Waals surface area contributed by atoms with Gasteiger partial charge in [-0.3, -0.25) is 4.90 Å². The lowest BCUT2D eigenvalue weighted by Crippen LogP contribution is -2.48. The molecule has 31 heavy (non-hydrogen) atoms. The van der Waals surface area contributed by atoms with Gasteiger partial charge in [0.1, 0.15) is 12.4 Å². The van der Waals surface area contributed by atoms with Gasteiger partial charge in [0.2, 0.25) is 10.0 Å². The van der Waals surface area contributed by atoms with E-state index in [4.69, 9.17) is 4.74 Å². The molecule has 0 aromatic carbocycles. The summed E-state index contributed by atoms with van der Waals surface area (Å²) in [6, 6.07) is -0.0525. The molecular formula is C18H35IN8O3S. The molecule has 178 valence electrons. The first-order valence-electron chi connectivity index (χ1n) is 10.5. The van der Waals surface area contributed by atoms with Crippen molar-refractivity contribution < 1.29 is 13.2 Å². The number of hydrogen-bond donors (Lipinski definition) is 2. The number of halogens is 1. The summed E-state index contributed by atoms with van der Waals surface area (Å²) >= 11 is 0. The van der Waals surface area contributed by atoms with Gasteiger partial charge in [0.05, 0.1) is 19.5 Å². The highest BCUT2D eigenvalue weighted by Crippen LogP contribution is 2.19. The fourth-order valence-corrected chi connectivity index (χ4v) is 4.92. The smallest absolute Gasteiger partial charge is 0.211 e. The van der Waals surface area contributed by atoms with Crippen molar-refractivity contribution in [3.63, 3.8) is 0 Å². The van der Waals surface area contributed by atoms with Gasteiger partial charge in [0, 0.05) is 52.4 Å². The molecule has 0 unspecified atom stereocenters. The first kappa shape index (κ1) is 26.2. The average Bonchev–Trinajstić information content (AvgIpc) is 3.32. The van der Waals surface area contributed by atoms with Crippen molar-refractivity contribution in [1.29, 1.82) is 0 Å². The minimum Gasteiger partial charge on any atom is -0.379 e. The van der Waals surface area contributed by atoms with Gasteiger partial charge in [0.25, 0.3) is 0 Å². The molecule has 3 rings (SSSR count). The number of morpholine rings is 1. The third-order valence-electron chi connectivity index (χ3n) is 5.64. The van der Waals surface area contributed by atoms with E-state index < -0.39 is 10.0 Å². The molecule has 2 fully saturated rings. The maximum Gasteiger partial charge on any atom is 0.211 e. The average molecular weight is 571 g/mol. The molecule has 2 aliphatic heterocycles. The summed E-state index contributed by atoms with van der Waals surface area (Å²) in [6.07, 6.45) is 3.01. The fourth-order valence-electron chi connectivity index (χ4n) is 3.73. The van der Waals surface area contributed by atoms with Crippen LogP contribution in [-0.4, -0.2) is 103 Å². The number of hydrogen-bond acceptors (Lipinski definition) is 7. The van der Waals surface area contributed by atoms with Crippen LogP contribution in [0.5, 0.6) is 0 Å². The van der Waals surface area contributed by atoms with Crippen LogP contribution in [0, 0.1) is 6.92 Å². The standard InChI is InChI=1S/C18H34N8O3S.HI/c1-15-22-23-17(24(15)2)14-21-18(19-6-8-25-9-11-29-12-10-25)20-13-16-5-4-7-26(16)30(3,27)28;/h16H,4-14H2,1-3H3,(H2,19,20,21);1H/t16-;/m1./s1. The lowest BCUT2D eigenvalue weighted by Gasteiger charge is -2.27. The molecule has 1 atom stereocenters. The van der Waals surface area contributed by atoms with Crippen molar-refractivity contribution in [1.82, 2.24) is 34.6 Å². The molecule has 0 radical (unpaired) electrons. The summed E-state index contributed by atoms with van der Waals surface area (Å²) in [5, 5.41) is 14.9. The van der Waals surface area contributed by atoms with E-state index in [1.54, 1.807) is 4.31 Å². The molecule has 2 N–H and O–H groups in total. The maximum absolute atomic E-state index is 12.0. The van der Waals surface area contributed by atoms with Crippen LogP contribution in [0.3, 0.4) is 0 Å². The Morgan fingerprint density at radius 1 is 1.23 bits per heavy atom. The Kier molecular flexibility index (Phi) is 10.4. The Hall–Kier alpha value is -1.03. The highest BCUT2D eigenvalue weighted by Gasteiger charge is 2.31. The van der Waals surface area contributed by atoms with Crippen LogP contribution in [0.1, 0.15) is 24.5 Å². The summed E-state index contributed by atoms with van der Waals surface area (Å²) in [6.45, 7) is 8.45. The minimum absolute atomic E-state index is 0. The van der Waals surface area contributed by atoms with E-state index in [-0.39, 0.29) is 30.0 Å². The molecule has 1 aromatic heterocycles. The molecule has 0 saturated carbocycles. The highest BCUT2D eigenvalue weighted by molar-refractivity contribution is 14.0. The van der Waals surface area contributed by atoms with Crippen molar-refractivity contribution in [2.24, 2.45) is 12.0 Å². The molecule has 2 saturated heterocycles. The minimum atomic E-state index is -3.20. The van der Waals surface area contributed by atoms with E-state index in [1.165, 1.54) is 6.26 Å². The van der Waals surface area contributed by atoms with Crippen molar-refractivity contribution in [3.05, 3.63) is 11.6 Å². The molecule has 2 aliphatic rings. The zero-order valence-electron chi connectivity index (χ0n) is 18.6. The van der Waals surface area contributed by atoms with Crippen molar-refractivity contribution in [2.75, 3.05) is 58.7 Å². The van der Waals surface area contributed by atoms with E-state index in [0.717, 1.165) is 63.9 Å². The third kappa shape index (κ3) is 7.80. The van der Waals surface area contributed by atoms with Gasteiger partial charge in [-0.05, 0) is 19.8 Å². The maximum atomic E-state index is 12.0. The molecule has 0 amide bonds. The van der Waals surface area contributed by atoms with Crippen LogP contribution in [0.25, 0.3) is 0 Å². The quantitative estimate of drug-likeness (QED) is 0.245. The summed E-state index contributed by atoms with van der Waals surface area (Å²) in [5.74, 6) is 2.27. The number of aliphatic imine (C=N–C) groups is 1. The number of aromatic nitrogens is 3. The third-order valence-corrected chi connectivity index (χ3v) is 6.97. The largest absolute Gasteiger partial charge is 0.379 e. The Morgan fingerprint density at radius 3 is 2.61 bits per heavy atom. The first-order valence-corrected chi connectivity index (χ1v) is 12.3. The highest BCUT2D eigenvalue weighted by atomic mass is 127. The van der Waals surface area contributed by atoms with Crippen molar-refractivity contribution in [2.45, 2.75) is 32.4 Å². The van der Waals surface area contributed by atoms with Crippen LogP contribution < -0.4 is 10.6 Å². The van der Waals surface area contributed by atoms with Gasteiger partial charge in [-0.1, -0.05) is 0 Å². The molecule has 0 spiro atoms. The zero-order chi connectivity index (χ0) is 21.6. The Balaban J connectivity index is 0.00000341. The van der Waals surface area contributed by atoms with E-state index in [9.17, 15) is 8.42 Å². The Bertz CT molecular complexity index is 826. The molecule has 0 aliphatic carbocycles. The predicted molar refractivity (Wildman–Crippen MR) is 130 cm³/mol. The van der Waals surface area contributed by atoms with Crippen LogP contribution in [-0.2, 0) is 28.4 Å².